The molecule has 1 unspecified atom stereocenters. The van der Waals surface area contributed by atoms with Crippen molar-refractivity contribution in [1.82, 2.24) is 0 Å². The van der Waals surface area contributed by atoms with Crippen LogP contribution in [-0.4, -0.2) is 18.0 Å². The Morgan fingerprint density at radius 1 is 1.14 bits per heavy atom. The lowest BCUT2D eigenvalue weighted by Gasteiger charge is -2.43. The predicted molar refractivity (Wildman–Crippen MR) is 85.3 cm³/mol. The minimum absolute atomic E-state index is 0.0192. The molecule has 0 N–H and O–H groups in total. The highest BCUT2D eigenvalue weighted by Gasteiger charge is 2.41. The van der Waals surface area contributed by atoms with E-state index in [0.717, 1.165) is 25.7 Å². The van der Waals surface area contributed by atoms with Crippen LogP contribution in [0.1, 0.15) is 55.3 Å². The number of ether oxygens (including phenoxy) is 1. The Balaban J connectivity index is 1.81. The number of Topliss-reactive ketones (excluding diaryl/α,β-unsaturated/α-hetero) is 1. The van der Waals surface area contributed by atoms with Crippen LogP contribution in [0.4, 0.5) is 0 Å². The quantitative estimate of drug-likeness (QED) is 0.689. The maximum absolute atomic E-state index is 12.8. The lowest BCUT2D eigenvalue weighted by atomic mass is 9.74. The average molecular weight is 327 g/mol. The first kappa shape index (κ1) is 15.3. The Hall–Kier alpha value is -0.570. The number of rotatable bonds is 2. The third-order valence-corrected chi connectivity index (χ3v) is 5.47. The van der Waals surface area contributed by atoms with Crippen molar-refractivity contribution in [3.05, 3.63) is 33.8 Å². The van der Waals surface area contributed by atoms with Crippen molar-refractivity contribution in [2.24, 2.45) is 5.92 Å². The molecule has 1 saturated heterocycles. The Morgan fingerprint density at radius 2 is 1.81 bits per heavy atom. The summed E-state index contributed by atoms with van der Waals surface area (Å²) in [5.74, 6) is 0.0631. The van der Waals surface area contributed by atoms with E-state index in [1.165, 1.54) is 19.3 Å². The normalized spacial score (nSPS) is 25.0. The molecule has 4 heteroatoms. The molecule has 3 rings (SSSR count). The predicted octanol–water partition coefficient (Wildman–Crippen LogP) is 5.31. The molecule has 1 aliphatic heterocycles. The maximum atomic E-state index is 12.8. The van der Waals surface area contributed by atoms with Gasteiger partial charge in [0.1, 0.15) is 0 Å². The van der Waals surface area contributed by atoms with Crippen LogP contribution in [0, 0.1) is 5.92 Å². The highest BCUT2D eigenvalue weighted by molar-refractivity contribution is 6.39. The highest BCUT2D eigenvalue weighted by atomic mass is 35.5. The summed E-state index contributed by atoms with van der Waals surface area (Å²) < 4.78 is 6.06. The Labute approximate surface area is 135 Å². The van der Waals surface area contributed by atoms with Gasteiger partial charge in [-0.2, -0.15) is 0 Å². The smallest absolute Gasteiger partial charge is 0.169 e. The largest absolute Gasteiger partial charge is 0.375 e. The van der Waals surface area contributed by atoms with Gasteiger partial charge in [0.2, 0.25) is 0 Å². The first-order chi connectivity index (χ1) is 10.1. The lowest BCUT2D eigenvalue weighted by molar-refractivity contribution is -0.111. The van der Waals surface area contributed by atoms with Crippen LogP contribution in [0.5, 0.6) is 0 Å². The number of hydrogen-bond donors (Lipinski definition) is 0. The van der Waals surface area contributed by atoms with E-state index < -0.39 is 0 Å². The molecule has 2 nitrogen and oxygen atoms in total. The van der Waals surface area contributed by atoms with Crippen LogP contribution in [0.3, 0.4) is 0 Å². The van der Waals surface area contributed by atoms with Crippen LogP contribution in [0.2, 0.25) is 10.0 Å². The van der Waals surface area contributed by atoms with E-state index in [4.69, 9.17) is 27.9 Å². The zero-order valence-electron chi connectivity index (χ0n) is 12.0. The summed E-state index contributed by atoms with van der Waals surface area (Å²) in [6.45, 7) is 0.665. The minimum atomic E-state index is -0.0788. The van der Waals surface area contributed by atoms with Gasteiger partial charge < -0.3 is 4.74 Å². The molecule has 2 fully saturated rings. The molecular formula is C17H20Cl2O2. The maximum Gasteiger partial charge on any atom is 0.169 e. The van der Waals surface area contributed by atoms with Crippen molar-refractivity contribution in [1.29, 1.82) is 0 Å². The van der Waals surface area contributed by atoms with Crippen molar-refractivity contribution in [3.8, 4) is 0 Å². The summed E-state index contributed by atoms with van der Waals surface area (Å²) in [6.07, 6.45) is 7.41. The monoisotopic (exact) mass is 326 g/mol. The summed E-state index contributed by atoms with van der Waals surface area (Å²) in [6, 6.07) is 5.24. The summed E-state index contributed by atoms with van der Waals surface area (Å²) in [4.78, 5) is 12.8. The molecule has 2 aliphatic rings. The first-order valence-corrected chi connectivity index (χ1v) is 8.49. The van der Waals surface area contributed by atoms with E-state index in [0.29, 0.717) is 22.2 Å². The molecule has 114 valence electrons. The van der Waals surface area contributed by atoms with Crippen LogP contribution < -0.4 is 0 Å². The Bertz CT molecular complexity index is 510. The summed E-state index contributed by atoms with van der Waals surface area (Å²) in [5.41, 5.74) is 0.406. The van der Waals surface area contributed by atoms with Gasteiger partial charge in [-0.1, -0.05) is 48.5 Å². The van der Waals surface area contributed by atoms with Crippen molar-refractivity contribution in [3.63, 3.8) is 0 Å². The Morgan fingerprint density at radius 3 is 2.48 bits per heavy atom. The molecule has 0 aromatic heterocycles. The molecule has 21 heavy (non-hydrogen) atoms. The van der Waals surface area contributed by atoms with Gasteiger partial charge in [-0.25, -0.2) is 0 Å². The van der Waals surface area contributed by atoms with Crippen LogP contribution >= 0.6 is 23.2 Å². The van der Waals surface area contributed by atoms with E-state index in [9.17, 15) is 4.79 Å². The Kier molecular flexibility index (Phi) is 4.58. The molecule has 0 amide bonds. The molecule has 1 aliphatic carbocycles. The first-order valence-electron chi connectivity index (χ1n) is 7.73. The topological polar surface area (TPSA) is 26.3 Å². The summed E-state index contributed by atoms with van der Waals surface area (Å²) >= 11 is 12.4. The van der Waals surface area contributed by atoms with Gasteiger partial charge in [0.05, 0.1) is 21.2 Å². The molecule has 1 saturated carbocycles. The SMILES string of the molecule is O=C(c1c(Cl)cccc1Cl)C1CCOC2(CCCCC2)C1. The number of carbonyl (C=O) groups is 1. The van der Waals surface area contributed by atoms with Crippen molar-refractivity contribution < 1.29 is 9.53 Å². The van der Waals surface area contributed by atoms with Gasteiger partial charge in [-0.15, -0.1) is 0 Å². The van der Waals surface area contributed by atoms with E-state index in [-0.39, 0.29) is 17.3 Å². The fourth-order valence-corrected chi connectivity index (χ4v) is 4.32. The van der Waals surface area contributed by atoms with Gasteiger partial charge in [-0.3, -0.25) is 4.79 Å². The number of benzene rings is 1. The second kappa shape index (κ2) is 6.28. The van der Waals surface area contributed by atoms with E-state index in [2.05, 4.69) is 0 Å². The van der Waals surface area contributed by atoms with Crippen molar-refractivity contribution in [2.75, 3.05) is 6.61 Å². The molecule has 0 bridgehead atoms. The molecule has 1 heterocycles. The lowest BCUT2D eigenvalue weighted by Crippen LogP contribution is -2.43. The number of carbonyl (C=O) groups excluding carboxylic acids is 1. The summed E-state index contributed by atoms with van der Waals surface area (Å²) in [5, 5.41) is 0.911. The molecule has 1 atom stereocenters. The fraction of sp³-hybridized carbons (Fsp3) is 0.588. The number of ketones is 1. The van der Waals surface area contributed by atoms with E-state index >= 15 is 0 Å². The van der Waals surface area contributed by atoms with Crippen LogP contribution in [0.25, 0.3) is 0 Å². The van der Waals surface area contributed by atoms with Crippen LogP contribution in [-0.2, 0) is 4.74 Å². The second-order valence-electron chi connectivity index (χ2n) is 6.24. The van der Waals surface area contributed by atoms with Gasteiger partial charge in [0.25, 0.3) is 0 Å². The zero-order chi connectivity index (χ0) is 14.9. The fourth-order valence-electron chi connectivity index (χ4n) is 3.73. The second-order valence-corrected chi connectivity index (χ2v) is 7.06. The third kappa shape index (κ3) is 3.13. The van der Waals surface area contributed by atoms with Gasteiger partial charge in [-0.05, 0) is 37.8 Å². The van der Waals surface area contributed by atoms with Crippen LogP contribution in [0.15, 0.2) is 18.2 Å². The average Bonchev–Trinajstić information content (AvgIpc) is 2.48. The van der Waals surface area contributed by atoms with E-state index in [1.807, 2.05) is 0 Å². The molecule has 1 aromatic carbocycles. The third-order valence-electron chi connectivity index (χ3n) is 4.84. The number of halogens is 2. The van der Waals surface area contributed by atoms with Crippen molar-refractivity contribution in [2.45, 2.75) is 50.5 Å². The zero-order valence-corrected chi connectivity index (χ0v) is 13.6. The minimum Gasteiger partial charge on any atom is -0.375 e. The highest BCUT2D eigenvalue weighted by Crippen LogP contribution is 2.42. The summed E-state index contributed by atoms with van der Waals surface area (Å²) in [7, 11) is 0. The van der Waals surface area contributed by atoms with Gasteiger partial charge in [0.15, 0.2) is 5.78 Å². The molecular weight excluding hydrogens is 307 g/mol. The number of hydrogen-bond acceptors (Lipinski definition) is 2. The standard InChI is InChI=1S/C17H20Cl2O2/c18-13-5-4-6-14(19)15(13)16(20)12-7-10-21-17(11-12)8-2-1-3-9-17/h4-6,12H,1-3,7-11H2. The van der Waals surface area contributed by atoms with E-state index in [1.54, 1.807) is 18.2 Å². The van der Waals surface area contributed by atoms with Gasteiger partial charge >= 0.3 is 0 Å². The molecule has 1 spiro atoms. The molecule has 1 aromatic rings. The van der Waals surface area contributed by atoms with Crippen molar-refractivity contribution >= 4 is 29.0 Å². The van der Waals surface area contributed by atoms with Gasteiger partial charge in [0, 0.05) is 12.5 Å². The molecule has 0 radical (unpaired) electrons.